The molecule has 96 valence electrons. The fourth-order valence-corrected chi connectivity index (χ4v) is 2.88. The van der Waals surface area contributed by atoms with Crippen LogP contribution in [0.2, 0.25) is 0 Å². The second kappa shape index (κ2) is 5.08. The van der Waals surface area contributed by atoms with Crippen LogP contribution in [-0.4, -0.2) is 5.54 Å². The quantitative estimate of drug-likeness (QED) is 0.759. The highest BCUT2D eigenvalue weighted by molar-refractivity contribution is 4.92. The van der Waals surface area contributed by atoms with Gasteiger partial charge in [0.15, 0.2) is 0 Å². The van der Waals surface area contributed by atoms with E-state index in [1.54, 1.807) is 0 Å². The Kier molecular flexibility index (Phi) is 4.45. The molecule has 0 aromatic heterocycles. The van der Waals surface area contributed by atoms with Crippen molar-refractivity contribution < 1.29 is 0 Å². The van der Waals surface area contributed by atoms with Crippen molar-refractivity contribution in [3.8, 4) is 0 Å². The fourth-order valence-electron chi connectivity index (χ4n) is 2.88. The lowest BCUT2D eigenvalue weighted by atomic mass is 9.66. The van der Waals surface area contributed by atoms with E-state index in [1.165, 1.54) is 38.5 Å². The fraction of sp³-hybridized carbons (Fsp3) is 1.00. The molecular formula is C15H31N. The van der Waals surface area contributed by atoms with Gasteiger partial charge in [0.25, 0.3) is 0 Å². The standard InChI is InChI=1S/C15H31N/c1-12(2)6-9-15(16)10-7-13(8-11-15)14(3,4)5/h12-13H,6-11,16H2,1-5H3. The second-order valence-corrected chi connectivity index (χ2v) is 7.44. The second-order valence-electron chi connectivity index (χ2n) is 7.44. The first-order valence-corrected chi connectivity index (χ1v) is 7.02. The Morgan fingerprint density at radius 3 is 2.06 bits per heavy atom. The Morgan fingerprint density at radius 1 is 1.19 bits per heavy atom. The van der Waals surface area contributed by atoms with Crippen molar-refractivity contribution in [1.29, 1.82) is 0 Å². The molecule has 0 radical (unpaired) electrons. The third-order valence-electron chi connectivity index (χ3n) is 4.43. The van der Waals surface area contributed by atoms with Crippen LogP contribution in [0.5, 0.6) is 0 Å². The van der Waals surface area contributed by atoms with E-state index in [9.17, 15) is 0 Å². The molecule has 0 saturated heterocycles. The van der Waals surface area contributed by atoms with E-state index in [-0.39, 0.29) is 5.54 Å². The van der Waals surface area contributed by atoms with Crippen LogP contribution in [0.1, 0.15) is 73.1 Å². The van der Waals surface area contributed by atoms with Crippen molar-refractivity contribution in [2.45, 2.75) is 78.7 Å². The molecule has 0 aliphatic heterocycles. The first-order valence-electron chi connectivity index (χ1n) is 7.02. The molecule has 0 aromatic carbocycles. The molecule has 0 spiro atoms. The van der Waals surface area contributed by atoms with Crippen LogP contribution >= 0.6 is 0 Å². The van der Waals surface area contributed by atoms with Crippen molar-refractivity contribution in [1.82, 2.24) is 0 Å². The summed E-state index contributed by atoms with van der Waals surface area (Å²) in [5.74, 6) is 1.67. The Balaban J connectivity index is 2.41. The molecule has 1 heteroatoms. The SMILES string of the molecule is CC(C)CCC1(N)CCC(C(C)(C)C)CC1. The predicted octanol–water partition coefficient (Wildman–Crippen LogP) is 4.36. The molecule has 1 rings (SSSR count). The summed E-state index contributed by atoms with van der Waals surface area (Å²) in [6.45, 7) is 11.7. The largest absolute Gasteiger partial charge is 0.325 e. The summed E-state index contributed by atoms with van der Waals surface area (Å²) in [5, 5.41) is 0. The van der Waals surface area contributed by atoms with Crippen molar-refractivity contribution in [3.05, 3.63) is 0 Å². The van der Waals surface area contributed by atoms with Gasteiger partial charge in [-0.3, -0.25) is 0 Å². The minimum absolute atomic E-state index is 0.159. The summed E-state index contributed by atoms with van der Waals surface area (Å²) < 4.78 is 0. The Bertz CT molecular complexity index is 204. The molecule has 1 aliphatic carbocycles. The zero-order valence-corrected chi connectivity index (χ0v) is 12.0. The maximum absolute atomic E-state index is 6.51. The molecule has 0 amide bonds. The average Bonchev–Trinajstić information content (AvgIpc) is 2.14. The normalized spacial score (nSPS) is 32.1. The smallest absolute Gasteiger partial charge is 0.0154 e. The minimum atomic E-state index is 0.159. The minimum Gasteiger partial charge on any atom is -0.325 e. The van der Waals surface area contributed by atoms with E-state index in [2.05, 4.69) is 34.6 Å². The molecule has 1 nitrogen and oxygen atoms in total. The summed E-state index contributed by atoms with van der Waals surface area (Å²) in [5.41, 5.74) is 7.14. The maximum atomic E-state index is 6.51. The summed E-state index contributed by atoms with van der Waals surface area (Å²) in [6, 6.07) is 0. The summed E-state index contributed by atoms with van der Waals surface area (Å²) in [4.78, 5) is 0. The molecule has 0 bridgehead atoms. The summed E-state index contributed by atoms with van der Waals surface area (Å²) in [6.07, 6.45) is 7.65. The highest BCUT2D eigenvalue weighted by Gasteiger charge is 2.35. The van der Waals surface area contributed by atoms with Crippen LogP contribution in [0.3, 0.4) is 0 Å². The van der Waals surface area contributed by atoms with Crippen LogP contribution in [0.15, 0.2) is 0 Å². The first kappa shape index (κ1) is 14.0. The van der Waals surface area contributed by atoms with Crippen molar-refractivity contribution >= 4 is 0 Å². The van der Waals surface area contributed by atoms with Crippen molar-refractivity contribution in [2.24, 2.45) is 23.0 Å². The Hall–Kier alpha value is -0.0400. The summed E-state index contributed by atoms with van der Waals surface area (Å²) >= 11 is 0. The molecule has 1 aliphatic rings. The van der Waals surface area contributed by atoms with Crippen molar-refractivity contribution in [3.63, 3.8) is 0 Å². The molecule has 0 aromatic rings. The van der Waals surface area contributed by atoms with Crippen LogP contribution in [0.25, 0.3) is 0 Å². The average molecular weight is 225 g/mol. The molecule has 0 atom stereocenters. The van der Waals surface area contributed by atoms with Gasteiger partial charge in [0.1, 0.15) is 0 Å². The molecular weight excluding hydrogens is 194 g/mol. The number of nitrogens with two attached hydrogens (primary N) is 1. The van der Waals surface area contributed by atoms with Gasteiger partial charge in [0.2, 0.25) is 0 Å². The van der Waals surface area contributed by atoms with Gasteiger partial charge in [-0.25, -0.2) is 0 Å². The van der Waals surface area contributed by atoms with Gasteiger partial charge in [-0.05, 0) is 55.8 Å². The molecule has 1 saturated carbocycles. The monoisotopic (exact) mass is 225 g/mol. The van der Waals surface area contributed by atoms with E-state index in [0.29, 0.717) is 5.41 Å². The number of hydrogen-bond donors (Lipinski definition) is 1. The van der Waals surface area contributed by atoms with Gasteiger partial charge < -0.3 is 5.73 Å². The van der Waals surface area contributed by atoms with E-state index >= 15 is 0 Å². The molecule has 16 heavy (non-hydrogen) atoms. The lowest BCUT2D eigenvalue weighted by Crippen LogP contribution is -2.45. The third-order valence-corrected chi connectivity index (χ3v) is 4.43. The zero-order chi connectivity index (χ0) is 12.4. The highest BCUT2D eigenvalue weighted by Crippen LogP contribution is 2.42. The van der Waals surface area contributed by atoms with Gasteiger partial charge in [-0.2, -0.15) is 0 Å². The lowest BCUT2D eigenvalue weighted by Gasteiger charge is -2.42. The van der Waals surface area contributed by atoms with E-state index in [0.717, 1.165) is 11.8 Å². The number of hydrogen-bond acceptors (Lipinski definition) is 1. The first-order chi connectivity index (χ1) is 7.23. The van der Waals surface area contributed by atoms with Crippen LogP contribution in [-0.2, 0) is 0 Å². The lowest BCUT2D eigenvalue weighted by molar-refractivity contribution is 0.126. The Morgan fingerprint density at radius 2 is 1.69 bits per heavy atom. The van der Waals surface area contributed by atoms with Gasteiger partial charge >= 0.3 is 0 Å². The van der Waals surface area contributed by atoms with E-state index in [1.807, 2.05) is 0 Å². The van der Waals surface area contributed by atoms with Crippen molar-refractivity contribution in [2.75, 3.05) is 0 Å². The van der Waals surface area contributed by atoms with Crippen LogP contribution < -0.4 is 5.73 Å². The summed E-state index contributed by atoms with van der Waals surface area (Å²) in [7, 11) is 0. The van der Waals surface area contributed by atoms with Crippen LogP contribution in [0.4, 0.5) is 0 Å². The van der Waals surface area contributed by atoms with Crippen LogP contribution in [0, 0.1) is 17.3 Å². The highest BCUT2D eigenvalue weighted by atomic mass is 14.7. The van der Waals surface area contributed by atoms with Gasteiger partial charge in [-0.15, -0.1) is 0 Å². The predicted molar refractivity (Wildman–Crippen MR) is 72.4 cm³/mol. The van der Waals surface area contributed by atoms with Gasteiger partial charge in [0.05, 0.1) is 0 Å². The molecule has 0 unspecified atom stereocenters. The van der Waals surface area contributed by atoms with Gasteiger partial charge in [0, 0.05) is 5.54 Å². The zero-order valence-electron chi connectivity index (χ0n) is 12.0. The van der Waals surface area contributed by atoms with Gasteiger partial charge in [-0.1, -0.05) is 34.6 Å². The van der Waals surface area contributed by atoms with E-state index < -0.39 is 0 Å². The molecule has 0 heterocycles. The molecule has 2 N–H and O–H groups in total. The number of rotatable bonds is 3. The van der Waals surface area contributed by atoms with E-state index in [4.69, 9.17) is 5.73 Å². The third kappa shape index (κ3) is 4.08. The molecule has 1 fully saturated rings. The topological polar surface area (TPSA) is 26.0 Å². The maximum Gasteiger partial charge on any atom is 0.0154 e. The Labute approximate surface area is 102 Å².